The van der Waals surface area contributed by atoms with E-state index in [2.05, 4.69) is 19.2 Å². The maximum Gasteiger partial charge on any atom is 0.333 e. The van der Waals surface area contributed by atoms with Gasteiger partial charge in [0, 0.05) is 12.0 Å². The monoisotopic (exact) mass is 288 g/mol. The summed E-state index contributed by atoms with van der Waals surface area (Å²) < 4.78 is 10.0. The summed E-state index contributed by atoms with van der Waals surface area (Å²) in [4.78, 5) is 22.3. The molecule has 0 heterocycles. The highest BCUT2D eigenvalue weighted by molar-refractivity contribution is 7.80. The lowest BCUT2D eigenvalue weighted by atomic mass is 10.2. The number of rotatable bonds is 11. The van der Waals surface area contributed by atoms with Gasteiger partial charge in [-0.15, -0.1) is 0 Å². The van der Waals surface area contributed by atoms with Crippen molar-refractivity contribution in [2.45, 2.75) is 45.4 Å². The molecule has 0 fully saturated rings. The van der Waals surface area contributed by atoms with Crippen LogP contribution in [0.4, 0.5) is 0 Å². The Balaban J connectivity index is 3.29. The van der Waals surface area contributed by atoms with Crippen LogP contribution in [-0.2, 0) is 19.1 Å². The van der Waals surface area contributed by atoms with Gasteiger partial charge in [-0.05, 0) is 44.8 Å². The van der Waals surface area contributed by atoms with Crippen LogP contribution in [0.15, 0.2) is 12.2 Å². The van der Waals surface area contributed by atoms with Gasteiger partial charge >= 0.3 is 11.9 Å². The van der Waals surface area contributed by atoms with Gasteiger partial charge in [0.1, 0.15) is 0 Å². The van der Waals surface area contributed by atoms with Crippen LogP contribution in [0.1, 0.15) is 45.4 Å². The van der Waals surface area contributed by atoms with Gasteiger partial charge in [0.15, 0.2) is 0 Å². The first-order chi connectivity index (χ1) is 9.07. The van der Waals surface area contributed by atoms with Gasteiger partial charge in [0.05, 0.1) is 13.2 Å². The molecule has 19 heavy (non-hydrogen) atoms. The molecule has 0 aromatic carbocycles. The summed E-state index contributed by atoms with van der Waals surface area (Å²) in [6.07, 6.45) is 4.68. The van der Waals surface area contributed by atoms with E-state index in [9.17, 15) is 9.59 Å². The van der Waals surface area contributed by atoms with Crippen molar-refractivity contribution in [1.82, 2.24) is 0 Å². The Morgan fingerprint density at radius 2 is 1.63 bits per heavy atom. The number of unbranched alkanes of at least 4 members (excludes halogenated alkanes) is 3. The first kappa shape index (κ1) is 18.0. The third-order valence-corrected chi connectivity index (χ3v) is 2.74. The molecule has 0 aromatic heterocycles. The van der Waals surface area contributed by atoms with Crippen molar-refractivity contribution in [3.8, 4) is 0 Å². The Kier molecular flexibility index (Phi) is 11.5. The first-order valence-electron chi connectivity index (χ1n) is 6.67. The van der Waals surface area contributed by atoms with E-state index in [4.69, 9.17) is 9.47 Å². The Morgan fingerprint density at radius 3 is 2.21 bits per heavy atom. The zero-order valence-corrected chi connectivity index (χ0v) is 12.5. The lowest BCUT2D eigenvalue weighted by molar-refractivity contribution is -0.143. The van der Waals surface area contributed by atoms with Crippen LogP contribution in [0, 0.1) is 0 Å². The summed E-state index contributed by atoms with van der Waals surface area (Å²) in [7, 11) is 0. The summed E-state index contributed by atoms with van der Waals surface area (Å²) in [6, 6.07) is 0. The van der Waals surface area contributed by atoms with Gasteiger partial charge in [-0.1, -0.05) is 6.58 Å². The smallest absolute Gasteiger partial charge is 0.333 e. The molecule has 0 rings (SSSR count). The minimum absolute atomic E-state index is 0.143. The largest absolute Gasteiger partial charge is 0.466 e. The Bertz CT molecular complexity index is 289. The summed E-state index contributed by atoms with van der Waals surface area (Å²) in [5.41, 5.74) is 0.412. The van der Waals surface area contributed by atoms with Crippen molar-refractivity contribution >= 4 is 24.6 Å². The number of ether oxygens (including phenoxy) is 2. The van der Waals surface area contributed by atoms with Gasteiger partial charge in [-0.25, -0.2) is 4.79 Å². The molecule has 0 bridgehead atoms. The van der Waals surface area contributed by atoms with E-state index in [1.54, 1.807) is 6.92 Å². The molecule has 5 heteroatoms. The number of carbonyl (C=O) groups excluding carboxylic acids is 2. The number of esters is 2. The minimum Gasteiger partial charge on any atom is -0.466 e. The van der Waals surface area contributed by atoms with Crippen molar-refractivity contribution < 1.29 is 19.1 Å². The van der Waals surface area contributed by atoms with Crippen LogP contribution < -0.4 is 0 Å². The highest BCUT2D eigenvalue weighted by Crippen LogP contribution is 2.02. The second-order valence-electron chi connectivity index (χ2n) is 4.38. The zero-order chi connectivity index (χ0) is 14.5. The maximum absolute atomic E-state index is 11.2. The maximum atomic E-state index is 11.2. The highest BCUT2D eigenvalue weighted by atomic mass is 32.1. The third kappa shape index (κ3) is 11.8. The molecular weight excluding hydrogens is 264 g/mol. The van der Waals surface area contributed by atoms with E-state index < -0.39 is 0 Å². The van der Waals surface area contributed by atoms with Crippen molar-refractivity contribution in [3.05, 3.63) is 12.2 Å². The summed E-state index contributed by atoms with van der Waals surface area (Å²) in [5, 5.41) is 0. The standard InChI is InChI=1S/C14H24O4S/c1-12(2)14(16)18-10-6-3-5-9-17-13(15)8-4-7-11-19/h19H,1,3-11H2,2H3. The normalized spacial score (nSPS) is 10.0. The van der Waals surface area contributed by atoms with E-state index in [0.29, 0.717) is 25.2 Å². The molecule has 0 spiro atoms. The molecule has 0 aromatic rings. The lowest BCUT2D eigenvalue weighted by Gasteiger charge is -2.05. The summed E-state index contributed by atoms with van der Waals surface area (Å²) >= 11 is 4.07. The lowest BCUT2D eigenvalue weighted by Crippen LogP contribution is -2.07. The molecule has 0 amide bonds. The average Bonchev–Trinajstić information content (AvgIpc) is 2.37. The Labute approximate surface area is 120 Å². The first-order valence-corrected chi connectivity index (χ1v) is 7.30. The number of carbonyl (C=O) groups is 2. The second kappa shape index (κ2) is 12.1. The second-order valence-corrected chi connectivity index (χ2v) is 4.83. The molecule has 4 nitrogen and oxygen atoms in total. The van der Waals surface area contributed by atoms with Crippen molar-refractivity contribution in [2.75, 3.05) is 19.0 Å². The van der Waals surface area contributed by atoms with Crippen molar-refractivity contribution in [3.63, 3.8) is 0 Å². The van der Waals surface area contributed by atoms with Crippen molar-refractivity contribution in [2.24, 2.45) is 0 Å². The average molecular weight is 288 g/mol. The SMILES string of the molecule is C=C(C)C(=O)OCCCCCOC(=O)CCCCS. The Morgan fingerprint density at radius 1 is 1.00 bits per heavy atom. The van der Waals surface area contributed by atoms with Crippen LogP contribution in [0.5, 0.6) is 0 Å². The van der Waals surface area contributed by atoms with E-state index >= 15 is 0 Å². The molecule has 0 atom stereocenters. The van der Waals surface area contributed by atoms with Gasteiger partial charge in [0.25, 0.3) is 0 Å². The van der Waals surface area contributed by atoms with E-state index in [1.807, 2.05) is 0 Å². The minimum atomic E-state index is -0.351. The van der Waals surface area contributed by atoms with Crippen LogP contribution in [-0.4, -0.2) is 30.9 Å². The van der Waals surface area contributed by atoms with Gasteiger partial charge in [-0.2, -0.15) is 12.6 Å². The predicted molar refractivity (Wildman–Crippen MR) is 78.3 cm³/mol. The number of thiol groups is 1. The molecule has 0 N–H and O–H groups in total. The molecule has 0 saturated carbocycles. The molecule has 0 aliphatic rings. The van der Waals surface area contributed by atoms with Gasteiger partial charge < -0.3 is 9.47 Å². The fraction of sp³-hybridized carbons (Fsp3) is 0.714. The highest BCUT2D eigenvalue weighted by Gasteiger charge is 2.03. The van der Waals surface area contributed by atoms with Crippen LogP contribution in [0.2, 0.25) is 0 Å². The van der Waals surface area contributed by atoms with E-state index in [0.717, 1.165) is 37.9 Å². The van der Waals surface area contributed by atoms with Crippen LogP contribution in [0.3, 0.4) is 0 Å². The zero-order valence-electron chi connectivity index (χ0n) is 11.7. The van der Waals surface area contributed by atoms with Crippen LogP contribution >= 0.6 is 12.6 Å². The molecule has 0 unspecified atom stereocenters. The van der Waals surface area contributed by atoms with Crippen LogP contribution in [0.25, 0.3) is 0 Å². The predicted octanol–water partition coefficient (Wildman–Crippen LogP) is 2.92. The van der Waals surface area contributed by atoms with Gasteiger partial charge in [-0.3, -0.25) is 4.79 Å². The third-order valence-electron chi connectivity index (χ3n) is 2.42. The van der Waals surface area contributed by atoms with Crippen molar-refractivity contribution in [1.29, 1.82) is 0 Å². The fourth-order valence-corrected chi connectivity index (χ4v) is 1.53. The quantitative estimate of drug-likeness (QED) is 0.275. The molecule has 110 valence electrons. The number of hydrogen-bond acceptors (Lipinski definition) is 5. The molecule has 0 aliphatic carbocycles. The van der Waals surface area contributed by atoms with E-state index in [-0.39, 0.29) is 11.9 Å². The topological polar surface area (TPSA) is 52.6 Å². The number of hydrogen-bond donors (Lipinski definition) is 1. The fourth-order valence-electron chi connectivity index (χ4n) is 1.31. The molecular formula is C14H24O4S. The molecule has 0 aliphatic heterocycles. The van der Waals surface area contributed by atoms with E-state index in [1.165, 1.54) is 0 Å². The summed E-state index contributed by atoms with van der Waals surface area (Å²) in [5.74, 6) is 0.307. The van der Waals surface area contributed by atoms with Gasteiger partial charge in [0.2, 0.25) is 0 Å². The Hall–Kier alpha value is -0.970. The summed E-state index contributed by atoms with van der Waals surface area (Å²) in [6.45, 7) is 5.95. The molecule has 0 saturated heterocycles. The molecule has 0 radical (unpaired) electrons.